The third-order valence-electron chi connectivity index (χ3n) is 5.70. The van der Waals surface area contributed by atoms with Crippen LogP contribution in [0.2, 0.25) is 0 Å². The van der Waals surface area contributed by atoms with Gasteiger partial charge in [-0.25, -0.2) is 0 Å². The Morgan fingerprint density at radius 2 is 1.70 bits per heavy atom. The maximum atomic E-state index is 12.6. The Morgan fingerprint density at radius 3 is 2.25 bits per heavy atom. The van der Waals surface area contributed by atoms with Crippen molar-refractivity contribution in [3.05, 3.63) is 35.4 Å². The van der Waals surface area contributed by atoms with E-state index in [0.717, 1.165) is 28.9 Å². The van der Waals surface area contributed by atoms with Gasteiger partial charge in [0.25, 0.3) is 5.91 Å². The van der Waals surface area contributed by atoms with Crippen LogP contribution in [0.5, 0.6) is 0 Å². The van der Waals surface area contributed by atoms with Crippen molar-refractivity contribution < 1.29 is 4.79 Å². The van der Waals surface area contributed by atoms with E-state index < -0.39 is 0 Å². The fourth-order valence-corrected chi connectivity index (χ4v) is 5.36. The molecule has 20 heavy (non-hydrogen) atoms. The number of aryl methyl sites for hydroxylation is 1. The molecule has 1 amide bonds. The van der Waals surface area contributed by atoms with E-state index in [1.54, 1.807) is 0 Å². The summed E-state index contributed by atoms with van der Waals surface area (Å²) in [5, 5.41) is 3.43. The Kier molecular flexibility index (Phi) is 2.70. The van der Waals surface area contributed by atoms with Crippen LogP contribution in [0.15, 0.2) is 24.3 Å². The average Bonchev–Trinajstić information content (AvgIpc) is 2.36. The average molecular weight is 269 g/mol. The molecule has 0 heterocycles. The molecule has 0 spiro atoms. The lowest BCUT2D eigenvalue weighted by Crippen LogP contribution is -2.59. The number of carbonyl (C=O) groups excluding carboxylic acids is 1. The van der Waals surface area contributed by atoms with Crippen LogP contribution in [0, 0.1) is 24.7 Å². The number of carbonyl (C=O) groups is 1. The third kappa shape index (κ3) is 2.06. The van der Waals surface area contributed by atoms with Crippen LogP contribution in [0.25, 0.3) is 0 Å². The van der Waals surface area contributed by atoms with Crippen molar-refractivity contribution in [1.29, 1.82) is 0 Å². The third-order valence-corrected chi connectivity index (χ3v) is 5.70. The molecule has 0 unspecified atom stereocenters. The summed E-state index contributed by atoms with van der Waals surface area (Å²) in [5.74, 6) is 2.76. The van der Waals surface area contributed by atoms with Gasteiger partial charge in [-0.1, -0.05) is 17.7 Å². The normalized spacial score (nSPS) is 38.0. The van der Waals surface area contributed by atoms with Crippen molar-refractivity contribution in [3.8, 4) is 0 Å². The summed E-state index contributed by atoms with van der Waals surface area (Å²) in [6.07, 6.45) is 7.91. The quantitative estimate of drug-likeness (QED) is 0.871. The highest BCUT2D eigenvalue weighted by Crippen LogP contribution is 2.55. The molecule has 5 rings (SSSR count). The summed E-state index contributed by atoms with van der Waals surface area (Å²) in [6, 6.07) is 7.95. The predicted octanol–water partition coefficient (Wildman–Crippen LogP) is 3.69. The van der Waals surface area contributed by atoms with Gasteiger partial charge in [-0.15, -0.1) is 0 Å². The minimum atomic E-state index is 0.121. The summed E-state index contributed by atoms with van der Waals surface area (Å²) >= 11 is 0. The molecule has 4 aliphatic carbocycles. The van der Waals surface area contributed by atoms with Gasteiger partial charge in [0.1, 0.15) is 0 Å². The van der Waals surface area contributed by atoms with E-state index in [9.17, 15) is 4.79 Å². The molecule has 2 nitrogen and oxygen atoms in total. The minimum absolute atomic E-state index is 0.121. The van der Waals surface area contributed by atoms with E-state index >= 15 is 0 Å². The number of nitrogens with one attached hydrogen (secondary N) is 1. The topological polar surface area (TPSA) is 29.1 Å². The lowest BCUT2D eigenvalue weighted by molar-refractivity contribution is -0.0167. The number of hydrogen-bond donors (Lipinski definition) is 1. The lowest BCUT2D eigenvalue weighted by atomic mass is 9.53. The van der Waals surface area contributed by atoms with E-state index in [1.165, 1.54) is 38.5 Å². The van der Waals surface area contributed by atoms with Gasteiger partial charge in [0.2, 0.25) is 0 Å². The zero-order chi connectivity index (χ0) is 13.7. The van der Waals surface area contributed by atoms with Crippen molar-refractivity contribution >= 4 is 5.91 Å². The molecule has 4 aliphatic rings. The molecule has 1 N–H and O–H groups in total. The van der Waals surface area contributed by atoms with E-state index in [0.29, 0.717) is 0 Å². The van der Waals surface area contributed by atoms with Gasteiger partial charge < -0.3 is 5.32 Å². The molecule has 106 valence electrons. The van der Waals surface area contributed by atoms with Gasteiger partial charge in [-0.3, -0.25) is 4.79 Å². The van der Waals surface area contributed by atoms with Gasteiger partial charge in [0.05, 0.1) is 0 Å². The molecule has 1 aromatic rings. The van der Waals surface area contributed by atoms with Crippen LogP contribution in [0.3, 0.4) is 0 Å². The molecule has 4 fully saturated rings. The first-order chi connectivity index (χ1) is 9.62. The van der Waals surface area contributed by atoms with Crippen LogP contribution in [-0.4, -0.2) is 11.4 Å². The van der Waals surface area contributed by atoms with Gasteiger partial charge in [0.15, 0.2) is 0 Å². The van der Waals surface area contributed by atoms with Crippen molar-refractivity contribution in [1.82, 2.24) is 5.32 Å². The van der Waals surface area contributed by atoms with Crippen molar-refractivity contribution in [3.63, 3.8) is 0 Å². The number of rotatable bonds is 2. The van der Waals surface area contributed by atoms with Crippen LogP contribution in [0.4, 0.5) is 0 Å². The Hall–Kier alpha value is -1.31. The molecule has 2 heteroatoms. The van der Waals surface area contributed by atoms with E-state index in [-0.39, 0.29) is 11.4 Å². The molecule has 0 aliphatic heterocycles. The first kappa shape index (κ1) is 12.4. The fourth-order valence-electron chi connectivity index (χ4n) is 5.36. The monoisotopic (exact) mass is 269 g/mol. The van der Waals surface area contributed by atoms with Crippen LogP contribution < -0.4 is 5.32 Å². The largest absolute Gasteiger partial charge is 0.347 e. The van der Waals surface area contributed by atoms with E-state index in [2.05, 4.69) is 5.32 Å². The zero-order valence-corrected chi connectivity index (χ0v) is 12.2. The highest BCUT2D eigenvalue weighted by molar-refractivity contribution is 5.94. The minimum Gasteiger partial charge on any atom is -0.347 e. The van der Waals surface area contributed by atoms with Crippen LogP contribution in [-0.2, 0) is 0 Å². The Labute approximate surface area is 121 Å². The summed E-state index contributed by atoms with van der Waals surface area (Å²) in [6.45, 7) is 2.04. The van der Waals surface area contributed by atoms with Gasteiger partial charge in [-0.2, -0.15) is 0 Å². The predicted molar refractivity (Wildman–Crippen MR) is 79.5 cm³/mol. The summed E-state index contributed by atoms with van der Waals surface area (Å²) in [4.78, 5) is 12.6. The zero-order valence-electron chi connectivity index (χ0n) is 12.2. The van der Waals surface area contributed by atoms with E-state index in [4.69, 9.17) is 0 Å². The first-order valence-electron chi connectivity index (χ1n) is 8.01. The van der Waals surface area contributed by atoms with E-state index in [1.807, 2.05) is 31.2 Å². The molecule has 4 saturated carbocycles. The molecule has 0 saturated heterocycles. The maximum absolute atomic E-state index is 12.6. The molecule has 0 atom stereocenters. The second kappa shape index (κ2) is 4.34. The second-order valence-electron chi connectivity index (χ2n) is 7.52. The highest BCUT2D eigenvalue weighted by atomic mass is 16.1. The molecule has 4 bridgehead atoms. The van der Waals surface area contributed by atoms with Gasteiger partial charge in [-0.05, 0) is 75.3 Å². The number of hydrogen-bond acceptors (Lipinski definition) is 1. The smallest absolute Gasteiger partial charge is 0.251 e. The summed E-state index contributed by atoms with van der Waals surface area (Å²) in [5.41, 5.74) is 2.10. The van der Waals surface area contributed by atoms with Crippen LogP contribution >= 0.6 is 0 Å². The van der Waals surface area contributed by atoms with Crippen LogP contribution in [0.1, 0.15) is 54.4 Å². The number of amides is 1. The summed E-state index contributed by atoms with van der Waals surface area (Å²) in [7, 11) is 0. The summed E-state index contributed by atoms with van der Waals surface area (Å²) < 4.78 is 0. The van der Waals surface area contributed by atoms with Crippen molar-refractivity contribution in [2.45, 2.75) is 51.0 Å². The Balaban J connectivity index is 1.55. The molecular weight excluding hydrogens is 246 g/mol. The maximum Gasteiger partial charge on any atom is 0.251 e. The number of benzene rings is 1. The Morgan fingerprint density at radius 1 is 1.10 bits per heavy atom. The first-order valence-corrected chi connectivity index (χ1v) is 8.01. The SMILES string of the molecule is Cc1cccc(C(=O)NC23CC4CC(CC(C4)C2)C3)c1. The fraction of sp³-hybridized carbons (Fsp3) is 0.611. The molecule has 1 aromatic carbocycles. The van der Waals surface area contributed by atoms with Gasteiger partial charge in [0, 0.05) is 11.1 Å². The van der Waals surface area contributed by atoms with Gasteiger partial charge >= 0.3 is 0 Å². The Bertz CT molecular complexity index is 513. The second-order valence-corrected chi connectivity index (χ2v) is 7.52. The van der Waals surface area contributed by atoms with Crippen molar-refractivity contribution in [2.24, 2.45) is 17.8 Å². The highest BCUT2D eigenvalue weighted by Gasteiger charge is 2.51. The molecule has 0 radical (unpaired) electrons. The molecule has 0 aromatic heterocycles. The molecular formula is C18H23NO. The lowest BCUT2D eigenvalue weighted by Gasteiger charge is -2.56. The standard InChI is InChI=1S/C18H23NO/c1-12-3-2-4-16(5-12)17(20)19-18-9-13-6-14(10-18)8-15(7-13)11-18/h2-5,13-15H,6-11H2,1H3,(H,19,20). The van der Waals surface area contributed by atoms with Crippen molar-refractivity contribution in [2.75, 3.05) is 0 Å².